The third-order valence-electron chi connectivity index (χ3n) is 2.23. The molecule has 17 heavy (non-hydrogen) atoms. The summed E-state index contributed by atoms with van der Waals surface area (Å²) in [4.78, 5) is 0. The van der Waals surface area contributed by atoms with Gasteiger partial charge in [0.1, 0.15) is 5.75 Å². The van der Waals surface area contributed by atoms with Crippen molar-refractivity contribution in [1.82, 2.24) is 0 Å². The van der Waals surface area contributed by atoms with Crippen LogP contribution in [-0.4, -0.2) is 5.11 Å². The van der Waals surface area contributed by atoms with Gasteiger partial charge in [-0.15, -0.1) is 0 Å². The largest absolute Gasteiger partial charge is 0.455 e. The molecular weight excluding hydrogens is 303 g/mol. The molecule has 2 aromatic rings. The van der Waals surface area contributed by atoms with Crippen molar-refractivity contribution in [2.24, 2.45) is 0 Å². The number of ether oxygens (including phenoxy) is 1. The molecule has 0 unspecified atom stereocenters. The maximum atomic E-state index is 9.23. The van der Waals surface area contributed by atoms with Crippen LogP contribution in [0.3, 0.4) is 0 Å². The molecule has 0 spiro atoms. The van der Waals surface area contributed by atoms with Crippen molar-refractivity contribution in [2.45, 2.75) is 6.61 Å². The Morgan fingerprint density at radius 2 is 1.94 bits per heavy atom. The highest BCUT2D eigenvalue weighted by molar-refractivity contribution is 9.10. The maximum absolute atomic E-state index is 9.23. The van der Waals surface area contributed by atoms with E-state index in [9.17, 15) is 5.11 Å². The lowest BCUT2D eigenvalue weighted by molar-refractivity contribution is 0.276. The first-order valence-corrected chi connectivity index (χ1v) is 6.19. The Labute approximate surface area is 113 Å². The van der Waals surface area contributed by atoms with Crippen LogP contribution in [0.25, 0.3) is 0 Å². The summed E-state index contributed by atoms with van der Waals surface area (Å²) >= 11 is 9.42. The predicted octanol–water partition coefficient (Wildman–Crippen LogP) is 4.39. The van der Waals surface area contributed by atoms with E-state index in [4.69, 9.17) is 16.3 Å². The molecule has 4 heteroatoms. The molecule has 0 aromatic heterocycles. The van der Waals surface area contributed by atoms with Gasteiger partial charge in [0.25, 0.3) is 0 Å². The average Bonchev–Trinajstić information content (AvgIpc) is 2.32. The summed E-state index contributed by atoms with van der Waals surface area (Å²) in [5.74, 6) is 1.16. The highest BCUT2D eigenvalue weighted by atomic mass is 79.9. The topological polar surface area (TPSA) is 29.5 Å². The summed E-state index contributed by atoms with van der Waals surface area (Å²) in [6.45, 7) is -0.107. The second-order valence-corrected chi connectivity index (χ2v) is 4.77. The summed E-state index contributed by atoms with van der Waals surface area (Å²) in [5.41, 5.74) is 0.664. The zero-order valence-electron chi connectivity index (χ0n) is 8.86. The minimum absolute atomic E-state index is 0.107. The molecule has 0 heterocycles. The number of aliphatic hydroxyl groups excluding tert-OH is 1. The molecule has 0 fully saturated rings. The third-order valence-corrected chi connectivity index (χ3v) is 3.03. The summed E-state index contributed by atoms with van der Waals surface area (Å²) in [6, 6.07) is 12.7. The maximum Gasteiger partial charge on any atom is 0.151 e. The second-order valence-electron chi connectivity index (χ2n) is 3.45. The van der Waals surface area contributed by atoms with Gasteiger partial charge in [-0.1, -0.05) is 45.7 Å². The van der Waals surface area contributed by atoms with Gasteiger partial charge in [-0.2, -0.15) is 0 Å². The smallest absolute Gasteiger partial charge is 0.151 e. The molecule has 2 rings (SSSR count). The van der Waals surface area contributed by atoms with Gasteiger partial charge in [-0.05, 0) is 24.3 Å². The van der Waals surface area contributed by atoms with Crippen LogP contribution in [0.4, 0.5) is 0 Å². The van der Waals surface area contributed by atoms with Gasteiger partial charge in [-0.25, -0.2) is 0 Å². The Kier molecular flexibility index (Phi) is 4.05. The predicted molar refractivity (Wildman–Crippen MR) is 71.6 cm³/mol. The number of hydrogen-bond acceptors (Lipinski definition) is 2. The lowest BCUT2D eigenvalue weighted by Crippen LogP contribution is -1.92. The second kappa shape index (κ2) is 5.54. The van der Waals surface area contributed by atoms with Crippen LogP contribution in [-0.2, 0) is 6.61 Å². The molecule has 0 bridgehead atoms. The number of halogens is 2. The average molecular weight is 314 g/mol. The summed E-state index contributed by atoms with van der Waals surface area (Å²) in [7, 11) is 0. The monoisotopic (exact) mass is 312 g/mol. The fraction of sp³-hybridized carbons (Fsp3) is 0.0769. The van der Waals surface area contributed by atoms with Gasteiger partial charge in [0.15, 0.2) is 5.75 Å². The molecule has 0 saturated heterocycles. The van der Waals surface area contributed by atoms with Gasteiger partial charge in [0.2, 0.25) is 0 Å². The zero-order valence-corrected chi connectivity index (χ0v) is 11.2. The fourth-order valence-corrected chi connectivity index (χ4v) is 2.05. The molecule has 0 aliphatic carbocycles. The fourth-order valence-electron chi connectivity index (χ4n) is 1.44. The molecule has 0 radical (unpaired) electrons. The van der Waals surface area contributed by atoms with E-state index in [1.807, 2.05) is 24.3 Å². The quantitative estimate of drug-likeness (QED) is 0.911. The summed E-state index contributed by atoms with van der Waals surface area (Å²) in [5, 5.41) is 9.71. The molecule has 1 N–H and O–H groups in total. The SMILES string of the molecule is OCc1cccc(Cl)c1Oc1cccc(Br)c1. The first kappa shape index (κ1) is 12.4. The highest BCUT2D eigenvalue weighted by Gasteiger charge is 2.08. The van der Waals surface area contributed by atoms with E-state index >= 15 is 0 Å². The van der Waals surface area contributed by atoms with Gasteiger partial charge >= 0.3 is 0 Å². The van der Waals surface area contributed by atoms with Gasteiger partial charge in [-0.3, -0.25) is 0 Å². The number of hydrogen-bond donors (Lipinski definition) is 1. The van der Waals surface area contributed by atoms with Crippen molar-refractivity contribution < 1.29 is 9.84 Å². The van der Waals surface area contributed by atoms with Gasteiger partial charge < -0.3 is 9.84 Å². The number of rotatable bonds is 3. The Hall–Kier alpha value is -1.03. The normalized spacial score (nSPS) is 10.3. The van der Waals surface area contributed by atoms with Crippen LogP contribution in [0, 0.1) is 0 Å². The van der Waals surface area contributed by atoms with Crippen LogP contribution in [0.1, 0.15) is 5.56 Å². The van der Waals surface area contributed by atoms with E-state index < -0.39 is 0 Å². The zero-order chi connectivity index (χ0) is 12.3. The molecule has 0 amide bonds. The van der Waals surface area contributed by atoms with E-state index in [2.05, 4.69) is 15.9 Å². The van der Waals surface area contributed by atoms with Crippen LogP contribution >= 0.6 is 27.5 Å². The molecule has 2 aromatic carbocycles. The lowest BCUT2D eigenvalue weighted by Gasteiger charge is -2.11. The van der Waals surface area contributed by atoms with Crippen molar-refractivity contribution in [3.8, 4) is 11.5 Å². The minimum atomic E-state index is -0.107. The van der Waals surface area contributed by atoms with Crippen molar-refractivity contribution in [1.29, 1.82) is 0 Å². The number of aliphatic hydroxyl groups is 1. The molecule has 2 nitrogen and oxygen atoms in total. The van der Waals surface area contributed by atoms with Crippen molar-refractivity contribution in [2.75, 3.05) is 0 Å². The van der Waals surface area contributed by atoms with Crippen molar-refractivity contribution in [3.05, 3.63) is 57.5 Å². The van der Waals surface area contributed by atoms with Gasteiger partial charge in [0, 0.05) is 10.0 Å². The van der Waals surface area contributed by atoms with Gasteiger partial charge in [0.05, 0.1) is 11.6 Å². The highest BCUT2D eigenvalue weighted by Crippen LogP contribution is 2.33. The molecule has 0 aliphatic heterocycles. The first-order valence-electron chi connectivity index (χ1n) is 5.02. The summed E-state index contributed by atoms with van der Waals surface area (Å²) in [6.07, 6.45) is 0. The van der Waals surface area contributed by atoms with Crippen LogP contribution in [0.15, 0.2) is 46.9 Å². The first-order chi connectivity index (χ1) is 8.20. The Morgan fingerprint density at radius 3 is 2.65 bits per heavy atom. The van der Waals surface area contributed by atoms with Crippen molar-refractivity contribution in [3.63, 3.8) is 0 Å². The third kappa shape index (κ3) is 3.00. The lowest BCUT2D eigenvalue weighted by atomic mass is 10.2. The van der Waals surface area contributed by atoms with E-state index in [0.29, 0.717) is 22.1 Å². The van der Waals surface area contributed by atoms with Crippen LogP contribution in [0.5, 0.6) is 11.5 Å². The standard InChI is InChI=1S/C13H10BrClO2/c14-10-4-2-5-11(7-10)17-13-9(8-16)3-1-6-12(13)15/h1-7,16H,8H2. The number of para-hydroxylation sites is 1. The van der Waals surface area contributed by atoms with Crippen LogP contribution < -0.4 is 4.74 Å². The molecule has 0 aliphatic rings. The Bertz CT molecular complexity index is 529. The molecule has 88 valence electrons. The van der Waals surface area contributed by atoms with E-state index in [1.54, 1.807) is 18.2 Å². The molecule has 0 atom stereocenters. The summed E-state index contributed by atoms with van der Waals surface area (Å²) < 4.78 is 6.61. The Morgan fingerprint density at radius 1 is 1.18 bits per heavy atom. The van der Waals surface area contributed by atoms with E-state index in [-0.39, 0.29) is 6.61 Å². The van der Waals surface area contributed by atoms with E-state index in [1.165, 1.54) is 0 Å². The van der Waals surface area contributed by atoms with Crippen molar-refractivity contribution >= 4 is 27.5 Å². The minimum Gasteiger partial charge on any atom is -0.455 e. The molecular formula is C13H10BrClO2. The number of benzene rings is 2. The Balaban J connectivity index is 2.35. The van der Waals surface area contributed by atoms with Crippen LogP contribution in [0.2, 0.25) is 5.02 Å². The molecule has 0 saturated carbocycles. The van der Waals surface area contributed by atoms with E-state index in [0.717, 1.165) is 4.47 Å².